The molecule has 0 radical (unpaired) electrons. The molecule has 1 fully saturated rings. The van der Waals surface area contributed by atoms with Crippen LogP contribution in [0.15, 0.2) is 18.2 Å². The fourth-order valence-corrected chi connectivity index (χ4v) is 2.62. The average Bonchev–Trinajstić information content (AvgIpc) is 2.97. The van der Waals surface area contributed by atoms with E-state index in [1.807, 2.05) is 0 Å². The smallest absolute Gasteiger partial charge is 0.162 e. The largest absolute Gasteiger partial charge is 0.204 e. The van der Waals surface area contributed by atoms with Crippen molar-refractivity contribution >= 4 is 15.9 Å². The molecule has 1 aromatic carbocycles. The number of halogens is 3. The molecule has 1 aromatic rings. The molecule has 0 aromatic heterocycles. The van der Waals surface area contributed by atoms with E-state index < -0.39 is 11.6 Å². The van der Waals surface area contributed by atoms with Gasteiger partial charge in [-0.15, -0.1) is 0 Å². The van der Waals surface area contributed by atoms with E-state index in [9.17, 15) is 8.78 Å². The lowest BCUT2D eigenvalue weighted by atomic mass is 10.1. The van der Waals surface area contributed by atoms with Crippen LogP contribution in [0, 0.1) is 17.6 Å². The average molecular weight is 275 g/mol. The first kappa shape index (κ1) is 11.1. The topological polar surface area (TPSA) is 0 Å². The van der Waals surface area contributed by atoms with Crippen LogP contribution in [0.5, 0.6) is 0 Å². The van der Waals surface area contributed by atoms with E-state index in [1.54, 1.807) is 12.1 Å². The van der Waals surface area contributed by atoms with Crippen LogP contribution in [0.25, 0.3) is 0 Å². The van der Waals surface area contributed by atoms with Crippen molar-refractivity contribution in [1.82, 2.24) is 0 Å². The zero-order chi connectivity index (χ0) is 10.8. The lowest BCUT2D eigenvalue weighted by Crippen LogP contribution is -2.06. The van der Waals surface area contributed by atoms with Crippen LogP contribution in [0.3, 0.4) is 0 Å². The van der Waals surface area contributed by atoms with Gasteiger partial charge in [-0.1, -0.05) is 40.9 Å². The highest BCUT2D eigenvalue weighted by Crippen LogP contribution is 2.36. The molecule has 3 heteroatoms. The van der Waals surface area contributed by atoms with Gasteiger partial charge in [-0.25, -0.2) is 8.78 Å². The van der Waals surface area contributed by atoms with Crippen LogP contribution < -0.4 is 0 Å². The van der Waals surface area contributed by atoms with Crippen molar-refractivity contribution in [3.8, 4) is 0 Å². The Morgan fingerprint density at radius 1 is 1.33 bits per heavy atom. The summed E-state index contributed by atoms with van der Waals surface area (Å²) in [6, 6.07) is 4.37. The van der Waals surface area contributed by atoms with Crippen LogP contribution in [-0.4, -0.2) is 4.83 Å². The van der Waals surface area contributed by atoms with Crippen LogP contribution in [-0.2, 0) is 6.42 Å². The molecule has 0 bridgehead atoms. The molecule has 0 heterocycles. The predicted molar refractivity (Wildman–Crippen MR) is 60.1 cm³/mol. The molecule has 15 heavy (non-hydrogen) atoms. The Morgan fingerprint density at radius 3 is 2.73 bits per heavy atom. The van der Waals surface area contributed by atoms with Gasteiger partial charge in [-0.05, 0) is 30.4 Å². The number of alkyl halides is 1. The first-order chi connectivity index (χ1) is 7.16. The Labute approximate surface area is 96.8 Å². The minimum absolute atomic E-state index is 0.265. The SMILES string of the molecule is Fc1cccc(CC(Br)CC2CC2)c1F. The summed E-state index contributed by atoms with van der Waals surface area (Å²) in [6.45, 7) is 0. The Hall–Kier alpha value is -0.440. The molecule has 1 unspecified atom stereocenters. The highest BCUT2D eigenvalue weighted by Gasteiger charge is 2.24. The maximum Gasteiger partial charge on any atom is 0.162 e. The summed E-state index contributed by atoms with van der Waals surface area (Å²) >= 11 is 3.52. The number of benzene rings is 1. The molecule has 2 rings (SSSR count). The van der Waals surface area contributed by atoms with Gasteiger partial charge in [0.15, 0.2) is 11.6 Å². The van der Waals surface area contributed by atoms with Crippen LogP contribution >= 0.6 is 15.9 Å². The minimum Gasteiger partial charge on any atom is -0.204 e. The van der Waals surface area contributed by atoms with E-state index in [-0.39, 0.29) is 4.83 Å². The molecule has 1 atom stereocenters. The molecular weight excluding hydrogens is 262 g/mol. The zero-order valence-corrected chi connectivity index (χ0v) is 9.94. The molecular formula is C12H13BrF2. The molecule has 0 N–H and O–H groups in total. The second kappa shape index (κ2) is 4.60. The van der Waals surface area contributed by atoms with Crippen LogP contribution in [0.4, 0.5) is 8.78 Å². The van der Waals surface area contributed by atoms with Gasteiger partial charge in [0.1, 0.15) is 0 Å². The van der Waals surface area contributed by atoms with Gasteiger partial charge in [0, 0.05) is 4.83 Å². The van der Waals surface area contributed by atoms with Crippen molar-refractivity contribution in [2.75, 3.05) is 0 Å². The summed E-state index contributed by atoms with van der Waals surface area (Å²) in [5.41, 5.74) is 0.470. The van der Waals surface area contributed by atoms with Crippen LogP contribution in [0.1, 0.15) is 24.8 Å². The zero-order valence-electron chi connectivity index (χ0n) is 8.35. The molecule has 1 aliphatic rings. The quantitative estimate of drug-likeness (QED) is 0.726. The minimum atomic E-state index is -0.751. The van der Waals surface area contributed by atoms with Gasteiger partial charge in [0.05, 0.1) is 0 Å². The Morgan fingerprint density at radius 2 is 2.07 bits per heavy atom. The summed E-state index contributed by atoms with van der Waals surface area (Å²) in [5, 5.41) is 0. The predicted octanol–water partition coefficient (Wildman–Crippen LogP) is 4.07. The molecule has 82 valence electrons. The number of hydrogen-bond acceptors (Lipinski definition) is 0. The molecule has 0 saturated heterocycles. The maximum atomic E-state index is 13.3. The number of hydrogen-bond donors (Lipinski definition) is 0. The standard InChI is InChI=1S/C12H13BrF2/c13-10(6-8-4-5-8)7-9-2-1-3-11(14)12(9)15/h1-3,8,10H,4-7H2. The van der Waals surface area contributed by atoms with Gasteiger partial charge in [-0.2, -0.15) is 0 Å². The molecule has 1 aliphatic carbocycles. The first-order valence-corrected chi connectivity index (χ1v) is 6.15. The molecule has 0 nitrogen and oxygen atoms in total. The van der Waals surface area contributed by atoms with Crippen molar-refractivity contribution in [3.63, 3.8) is 0 Å². The van der Waals surface area contributed by atoms with E-state index in [4.69, 9.17) is 0 Å². The maximum absolute atomic E-state index is 13.3. The van der Waals surface area contributed by atoms with Gasteiger partial charge in [-0.3, -0.25) is 0 Å². The second-order valence-electron chi connectivity index (χ2n) is 4.19. The molecule has 0 amide bonds. The second-order valence-corrected chi connectivity index (χ2v) is 5.49. The van der Waals surface area contributed by atoms with E-state index >= 15 is 0 Å². The summed E-state index contributed by atoms with van der Waals surface area (Å²) in [4.78, 5) is 0.265. The fourth-order valence-electron chi connectivity index (χ4n) is 1.74. The fraction of sp³-hybridized carbons (Fsp3) is 0.500. The normalized spacial score (nSPS) is 17.8. The van der Waals surface area contributed by atoms with Crippen LogP contribution in [0.2, 0.25) is 0 Å². The van der Waals surface area contributed by atoms with Crippen molar-refractivity contribution in [3.05, 3.63) is 35.4 Å². The lowest BCUT2D eigenvalue weighted by molar-refractivity contribution is 0.496. The molecule has 0 spiro atoms. The summed E-state index contributed by atoms with van der Waals surface area (Å²) < 4.78 is 26.2. The third kappa shape index (κ3) is 3.00. The third-order valence-electron chi connectivity index (χ3n) is 2.76. The summed E-state index contributed by atoms with van der Waals surface area (Å²) in [5.74, 6) is -0.651. The Kier molecular flexibility index (Phi) is 3.39. The van der Waals surface area contributed by atoms with Crippen molar-refractivity contribution in [2.45, 2.75) is 30.5 Å². The van der Waals surface area contributed by atoms with Gasteiger partial charge in [0.2, 0.25) is 0 Å². The van der Waals surface area contributed by atoms with E-state index in [1.165, 1.54) is 12.8 Å². The van der Waals surface area contributed by atoms with E-state index in [0.29, 0.717) is 12.0 Å². The molecule has 0 aliphatic heterocycles. The van der Waals surface area contributed by atoms with E-state index in [0.717, 1.165) is 18.4 Å². The lowest BCUT2D eigenvalue weighted by Gasteiger charge is -2.09. The monoisotopic (exact) mass is 274 g/mol. The molecule has 1 saturated carbocycles. The van der Waals surface area contributed by atoms with Crippen molar-refractivity contribution in [1.29, 1.82) is 0 Å². The van der Waals surface area contributed by atoms with Gasteiger partial charge >= 0.3 is 0 Å². The highest BCUT2D eigenvalue weighted by molar-refractivity contribution is 9.09. The first-order valence-electron chi connectivity index (χ1n) is 5.23. The van der Waals surface area contributed by atoms with Gasteiger partial charge < -0.3 is 0 Å². The van der Waals surface area contributed by atoms with E-state index in [2.05, 4.69) is 15.9 Å². The Balaban J connectivity index is 1.99. The summed E-state index contributed by atoms with van der Waals surface area (Å²) in [6.07, 6.45) is 4.21. The highest BCUT2D eigenvalue weighted by atomic mass is 79.9. The Bertz CT molecular complexity index is 347. The third-order valence-corrected chi connectivity index (χ3v) is 3.46. The van der Waals surface area contributed by atoms with Gasteiger partial charge in [0.25, 0.3) is 0 Å². The van der Waals surface area contributed by atoms with Crippen molar-refractivity contribution in [2.24, 2.45) is 5.92 Å². The number of rotatable bonds is 4. The summed E-state index contributed by atoms with van der Waals surface area (Å²) in [7, 11) is 0. The van der Waals surface area contributed by atoms with Crippen molar-refractivity contribution < 1.29 is 8.78 Å².